The van der Waals surface area contributed by atoms with Crippen molar-refractivity contribution < 1.29 is 49.3 Å². The number of nitrogens with one attached hydrogen (secondary N) is 1. The predicted octanol–water partition coefficient (Wildman–Crippen LogP) is 16.9. The first-order chi connectivity index (χ1) is 40.2. The molecule has 0 saturated carbocycles. The van der Waals surface area contributed by atoms with Crippen LogP contribution in [0, 0.1) is 0 Å². The Hall–Kier alpha value is -3.16. The van der Waals surface area contributed by atoms with Crippen LogP contribution in [0.15, 0.2) is 85.1 Å². The Morgan fingerprint density at radius 1 is 0.476 bits per heavy atom. The minimum Gasteiger partial charge on any atom is -0.454 e. The minimum atomic E-state index is -1.62. The number of amides is 1. The molecule has 1 fully saturated rings. The van der Waals surface area contributed by atoms with Gasteiger partial charge >= 0.3 is 5.97 Å². The first-order valence-corrected chi connectivity index (χ1v) is 33.9. The molecule has 1 heterocycles. The second-order valence-corrected chi connectivity index (χ2v) is 23.2. The van der Waals surface area contributed by atoms with Gasteiger partial charge in [-0.1, -0.05) is 266 Å². The lowest BCUT2D eigenvalue weighted by Crippen LogP contribution is -2.61. The van der Waals surface area contributed by atoms with Crippen molar-refractivity contribution >= 4 is 11.9 Å². The van der Waals surface area contributed by atoms with Crippen molar-refractivity contribution in [3.05, 3.63) is 85.1 Å². The van der Waals surface area contributed by atoms with E-state index in [0.29, 0.717) is 12.8 Å². The molecular formula is C71H125NO10. The lowest BCUT2D eigenvalue weighted by molar-refractivity contribution is -0.305. The van der Waals surface area contributed by atoms with E-state index < -0.39 is 67.4 Å². The number of carbonyl (C=O) groups excluding carboxylic acids is 2. The second-order valence-electron chi connectivity index (χ2n) is 23.2. The highest BCUT2D eigenvalue weighted by molar-refractivity contribution is 5.80. The molecule has 0 aromatic rings. The summed E-state index contributed by atoms with van der Waals surface area (Å²) in [6.07, 6.45) is 66.1. The summed E-state index contributed by atoms with van der Waals surface area (Å²) in [6, 6.07) is -1.03. The van der Waals surface area contributed by atoms with E-state index in [0.717, 1.165) is 116 Å². The quantitative estimate of drug-likeness (QED) is 0.0195. The van der Waals surface area contributed by atoms with Crippen LogP contribution in [0.2, 0.25) is 0 Å². The van der Waals surface area contributed by atoms with Gasteiger partial charge in [-0.15, -0.1) is 0 Å². The third-order valence-corrected chi connectivity index (χ3v) is 15.5. The van der Waals surface area contributed by atoms with E-state index in [1.165, 1.54) is 128 Å². The molecule has 474 valence electrons. The fraction of sp³-hybridized carbons (Fsp3) is 0.775. The Labute approximate surface area is 502 Å². The van der Waals surface area contributed by atoms with Gasteiger partial charge in [-0.05, 0) is 103 Å². The normalized spacial score (nSPS) is 19.1. The number of unbranched alkanes of at least 4 members (excludes halogenated alkanes) is 31. The molecule has 0 aromatic heterocycles. The molecule has 11 nitrogen and oxygen atoms in total. The number of esters is 1. The summed E-state index contributed by atoms with van der Waals surface area (Å²) in [6.45, 7) is 5.74. The van der Waals surface area contributed by atoms with Gasteiger partial charge in [-0.2, -0.15) is 0 Å². The summed E-state index contributed by atoms with van der Waals surface area (Å²) < 4.78 is 17.7. The first-order valence-electron chi connectivity index (χ1n) is 33.9. The molecule has 0 spiro atoms. The summed E-state index contributed by atoms with van der Waals surface area (Å²) in [5.41, 5.74) is 0. The molecule has 0 aromatic carbocycles. The minimum absolute atomic E-state index is 0.108. The maximum Gasteiger partial charge on any atom is 0.306 e. The third kappa shape index (κ3) is 45.2. The van der Waals surface area contributed by atoms with Crippen LogP contribution in [-0.4, -0.2) is 99.6 Å². The predicted molar refractivity (Wildman–Crippen MR) is 342 cm³/mol. The largest absolute Gasteiger partial charge is 0.454 e. The highest BCUT2D eigenvalue weighted by atomic mass is 16.7. The molecule has 1 aliphatic rings. The van der Waals surface area contributed by atoms with Crippen molar-refractivity contribution in [3.63, 3.8) is 0 Å². The van der Waals surface area contributed by atoms with Crippen molar-refractivity contribution in [1.82, 2.24) is 5.32 Å². The Kier molecular flexibility index (Phi) is 54.6. The smallest absolute Gasteiger partial charge is 0.306 e. The average Bonchev–Trinajstić information content (AvgIpc) is 3.44. The fourth-order valence-corrected chi connectivity index (χ4v) is 10.1. The number of hydrogen-bond acceptors (Lipinski definition) is 10. The molecule has 0 radical (unpaired) electrons. The van der Waals surface area contributed by atoms with E-state index in [1.54, 1.807) is 6.08 Å². The molecule has 6 N–H and O–H groups in total. The Morgan fingerprint density at radius 3 is 1.28 bits per heavy atom. The van der Waals surface area contributed by atoms with Crippen LogP contribution in [-0.2, 0) is 23.8 Å². The van der Waals surface area contributed by atoms with Crippen molar-refractivity contribution in [3.8, 4) is 0 Å². The first kappa shape index (κ1) is 76.9. The van der Waals surface area contributed by atoms with Crippen molar-refractivity contribution in [2.45, 2.75) is 339 Å². The van der Waals surface area contributed by atoms with E-state index >= 15 is 0 Å². The Morgan fingerprint density at radius 2 is 0.841 bits per heavy atom. The van der Waals surface area contributed by atoms with Gasteiger partial charge < -0.3 is 45.1 Å². The number of allylic oxidation sites excluding steroid dienone is 13. The molecule has 82 heavy (non-hydrogen) atoms. The van der Waals surface area contributed by atoms with Crippen LogP contribution in [0.5, 0.6) is 0 Å². The van der Waals surface area contributed by atoms with Gasteiger partial charge in [0.15, 0.2) is 12.4 Å². The zero-order chi connectivity index (χ0) is 59.6. The Balaban J connectivity index is 2.63. The zero-order valence-corrected chi connectivity index (χ0v) is 52.6. The standard InChI is InChI=1S/C71H125NO10/c1-4-7-10-13-16-19-22-25-27-29-31-32-33-34-35-37-39-41-44-47-50-53-56-59-66(76)82-69-68(78)67(77)65(60-73)81-71(69)80-61-62(63(74)57-54-51-48-45-42-24-21-18-15-12-9-6-3)72-70(79)64(75)58-55-52-49-46-43-40-38-36-30-28-26-23-20-17-14-11-8-5-2/h16-17,19-20,25-28,31-32,34-35,54,57,62-65,67-69,71,73-75,77-78H,4-15,18,21-24,29-30,33,36-53,55-56,58-61H2,1-3H3,(H,72,79)/b19-16-,20-17-,27-25-,28-26-,32-31-,35-34-,57-54+. The molecule has 8 unspecified atom stereocenters. The van der Waals surface area contributed by atoms with Gasteiger partial charge in [0.1, 0.15) is 24.4 Å². The molecule has 1 rings (SSSR count). The van der Waals surface area contributed by atoms with Crippen molar-refractivity contribution in [2.75, 3.05) is 13.2 Å². The van der Waals surface area contributed by atoms with Gasteiger partial charge in [0, 0.05) is 6.42 Å². The van der Waals surface area contributed by atoms with Gasteiger partial charge in [0.25, 0.3) is 0 Å². The summed E-state index contributed by atoms with van der Waals surface area (Å²) in [4.78, 5) is 26.6. The van der Waals surface area contributed by atoms with Crippen LogP contribution < -0.4 is 5.32 Å². The van der Waals surface area contributed by atoms with Gasteiger partial charge in [0.05, 0.1) is 25.4 Å². The molecule has 8 atom stereocenters. The van der Waals surface area contributed by atoms with Crippen molar-refractivity contribution in [1.29, 1.82) is 0 Å². The van der Waals surface area contributed by atoms with E-state index in [2.05, 4.69) is 99.0 Å². The molecule has 1 amide bonds. The molecular weight excluding hydrogens is 1030 g/mol. The highest BCUT2D eigenvalue weighted by Gasteiger charge is 2.47. The van der Waals surface area contributed by atoms with Crippen LogP contribution in [0.25, 0.3) is 0 Å². The third-order valence-electron chi connectivity index (χ3n) is 15.5. The topological polar surface area (TPSA) is 175 Å². The van der Waals surface area contributed by atoms with E-state index in [1.807, 2.05) is 6.08 Å². The number of hydrogen-bond donors (Lipinski definition) is 6. The van der Waals surface area contributed by atoms with Crippen LogP contribution >= 0.6 is 0 Å². The maximum atomic E-state index is 13.5. The lowest BCUT2D eigenvalue weighted by atomic mass is 9.99. The van der Waals surface area contributed by atoms with Crippen LogP contribution in [0.1, 0.15) is 290 Å². The van der Waals surface area contributed by atoms with Crippen molar-refractivity contribution in [2.24, 2.45) is 0 Å². The molecule has 0 bridgehead atoms. The summed E-state index contributed by atoms with van der Waals surface area (Å²) in [7, 11) is 0. The van der Waals surface area contributed by atoms with E-state index in [4.69, 9.17) is 14.2 Å². The lowest BCUT2D eigenvalue weighted by Gasteiger charge is -2.41. The maximum absolute atomic E-state index is 13.5. The second kappa shape index (κ2) is 58.2. The van der Waals surface area contributed by atoms with Crippen LogP contribution in [0.3, 0.4) is 0 Å². The van der Waals surface area contributed by atoms with E-state index in [9.17, 15) is 35.1 Å². The molecule has 1 saturated heterocycles. The van der Waals surface area contributed by atoms with Gasteiger partial charge in [0.2, 0.25) is 5.91 Å². The number of rotatable bonds is 57. The summed E-state index contributed by atoms with van der Waals surface area (Å²) in [5, 5.41) is 57.1. The average molecular weight is 1150 g/mol. The molecule has 0 aliphatic carbocycles. The number of aliphatic hydroxyl groups is 5. The zero-order valence-electron chi connectivity index (χ0n) is 52.6. The van der Waals surface area contributed by atoms with Gasteiger partial charge in [-0.3, -0.25) is 9.59 Å². The fourth-order valence-electron chi connectivity index (χ4n) is 10.1. The monoisotopic (exact) mass is 1150 g/mol. The highest BCUT2D eigenvalue weighted by Crippen LogP contribution is 2.26. The summed E-state index contributed by atoms with van der Waals surface area (Å²) >= 11 is 0. The molecule has 11 heteroatoms. The van der Waals surface area contributed by atoms with Gasteiger partial charge in [-0.25, -0.2) is 0 Å². The number of carbonyl (C=O) groups is 2. The summed E-state index contributed by atoms with van der Waals surface area (Å²) in [5.74, 6) is -1.21. The Bertz CT molecular complexity index is 1660. The SMILES string of the molecule is CCCCC/C=C\C/C=C\C/C=C\C/C=C\CCCCCCCCCC(=O)OC1C(OCC(NC(=O)C(O)CCCCCCCCCC/C=C\C/C=C\CCCCC)C(O)/C=C/CCCCCCCCCCCC)OC(CO)C(O)C1O. The number of ether oxygens (including phenoxy) is 3. The molecule has 1 aliphatic heterocycles. The van der Waals surface area contributed by atoms with Crippen LogP contribution in [0.4, 0.5) is 0 Å². The number of aliphatic hydroxyl groups excluding tert-OH is 5. The van der Waals surface area contributed by atoms with E-state index in [-0.39, 0.29) is 19.4 Å².